The molecule has 1 aromatic carbocycles. The number of thiazole rings is 1. The van der Waals surface area contributed by atoms with E-state index in [1.54, 1.807) is 23.5 Å². The van der Waals surface area contributed by atoms with Crippen molar-refractivity contribution < 1.29 is 9.32 Å². The average Bonchev–Trinajstić information content (AvgIpc) is 3.35. The quantitative estimate of drug-likeness (QED) is 0.463. The molecule has 0 saturated heterocycles. The first-order valence-electron chi connectivity index (χ1n) is 7.52. The lowest BCUT2D eigenvalue weighted by Crippen LogP contribution is -2.11. The van der Waals surface area contributed by atoms with E-state index >= 15 is 0 Å². The fraction of sp³-hybridized carbons (Fsp3) is 0.0588. The minimum atomic E-state index is -0.220. The van der Waals surface area contributed by atoms with Gasteiger partial charge >= 0.3 is 0 Å². The van der Waals surface area contributed by atoms with E-state index in [0.29, 0.717) is 22.4 Å². The number of benzene rings is 1. The Morgan fingerprint density at radius 2 is 2.00 bits per heavy atom. The summed E-state index contributed by atoms with van der Waals surface area (Å²) in [5.41, 5.74) is 1.28. The minimum absolute atomic E-state index is 0.220. The first-order chi connectivity index (χ1) is 12.6. The maximum Gasteiger partial charge on any atom is 0.270 e. The van der Waals surface area contributed by atoms with Gasteiger partial charge in [0.05, 0.1) is 10.6 Å². The molecule has 1 amide bonds. The van der Waals surface area contributed by atoms with Crippen molar-refractivity contribution in [1.82, 2.24) is 15.1 Å². The fourth-order valence-corrected chi connectivity index (χ4v) is 4.04. The number of amides is 1. The van der Waals surface area contributed by atoms with Crippen molar-refractivity contribution in [3.05, 3.63) is 57.5 Å². The van der Waals surface area contributed by atoms with Gasteiger partial charge in [-0.25, -0.2) is 4.98 Å². The maximum atomic E-state index is 12.3. The Morgan fingerprint density at radius 1 is 1.19 bits per heavy atom. The number of anilines is 1. The van der Waals surface area contributed by atoms with E-state index in [1.807, 2.05) is 36.6 Å². The second-order valence-electron chi connectivity index (χ2n) is 5.30. The number of hydrogen-bond acceptors (Lipinski definition) is 7. The molecule has 9 heteroatoms. The number of nitrogens with zero attached hydrogens (tertiary/aromatic N) is 3. The molecule has 0 fully saturated rings. The van der Waals surface area contributed by atoms with Gasteiger partial charge in [0.2, 0.25) is 5.82 Å². The van der Waals surface area contributed by atoms with Crippen LogP contribution in [0.2, 0.25) is 0 Å². The summed E-state index contributed by atoms with van der Waals surface area (Å²) in [7, 11) is 0. The van der Waals surface area contributed by atoms with Crippen molar-refractivity contribution in [1.29, 1.82) is 0 Å². The first kappa shape index (κ1) is 17.1. The molecule has 3 aromatic heterocycles. The number of carbonyl (C=O) groups excluding carboxylic acids is 1. The first-order valence-corrected chi connectivity index (χ1v) is 10.0. The normalized spacial score (nSPS) is 10.8. The van der Waals surface area contributed by atoms with Crippen LogP contribution in [0.25, 0.3) is 21.5 Å². The molecule has 3 heterocycles. The van der Waals surface area contributed by atoms with E-state index in [4.69, 9.17) is 4.52 Å². The smallest absolute Gasteiger partial charge is 0.270 e. The summed E-state index contributed by atoms with van der Waals surface area (Å²) < 4.78 is 6.29. The molecule has 0 aliphatic heterocycles. The van der Waals surface area contributed by atoms with Crippen LogP contribution in [-0.2, 0) is 0 Å². The molecule has 130 valence electrons. The van der Waals surface area contributed by atoms with Crippen molar-refractivity contribution in [3.63, 3.8) is 0 Å². The average molecular weight is 447 g/mol. The van der Waals surface area contributed by atoms with Crippen LogP contribution in [-0.4, -0.2) is 21.0 Å². The van der Waals surface area contributed by atoms with Gasteiger partial charge in [0.25, 0.3) is 11.8 Å². The monoisotopic (exact) mass is 446 g/mol. The number of thiophene rings is 1. The highest BCUT2D eigenvalue weighted by molar-refractivity contribution is 9.10. The Bertz CT molecular complexity index is 1060. The molecule has 0 bridgehead atoms. The number of carbonyl (C=O) groups is 1. The number of rotatable bonds is 4. The molecule has 0 atom stereocenters. The zero-order chi connectivity index (χ0) is 18.1. The third-order valence-corrected chi connectivity index (χ3v) is 5.94. The van der Waals surface area contributed by atoms with E-state index in [2.05, 4.69) is 36.4 Å². The molecular weight excluding hydrogens is 436 g/mol. The summed E-state index contributed by atoms with van der Waals surface area (Å²) >= 11 is 6.20. The zero-order valence-corrected chi connectivity index (χ0v) is 16.6. The second-order valence-corrected chi connectivity index (χ2v) is 8.16. The number of hydrogen-bond donors (Lipinski definition) is 1. The molecule has 0 spiro atoms. The van der Waals surface area contributed by atoms with Gasteiger partial charge in [0.1, 0.15) is 4.88 Å². The van der Waals surface area contributed by atoms with Crippen LogP contribution in [0.4, 0.5) is 5.13 Å². The van der Waals surface area contributed by atoms with Crippen molar-refractivity contribution >= 4 is 49.6 Å². The maximum absolute atomic E-state index is 12.3. The van der Waals surface area contributed by atoms with Crippen molar-refractivity contribution in [2.45, 2.75) is 6.92 Å². The van der Waals surface area contributed by atoms with Gasteiger partial charge in [-0.1, -0.05) is 38.5 Å². The Hall–Kier alpha value is -2.36. The number of aromatic nitrogens is 3. The van der Waals surface area contributed by atoms with E-state index in [0.717, 1.165) is 19.9 Å². The molecule has 0 saturated carbocycles. The van der Waals surface area contributed by atoms with Crippen molar-refractivity contribution in [2.24, 2.45) is 0 Å². The summed E-state index contributed by atoms with van der Waals surface area (Å²) in [5.74, 6) is 0.721. The van der Waals surface area contributed by atoms with Crippen molar-refractivity contribution in [2.75, 3.05) is 5.32 Å². The van der Waals surface area contributed by atoms with Crippen LogP contribution in [0.1, 0.15) is 16.1 Å². The largest absolute Gasteiger partial charge is 0.333 e. The van der Waals surface area contributed by atoms with E-state index < -0.39 is 0 Å². The third kappa shape index (κ3) is 3.46. The summed E-state index contributed by atoms with van der Waals surface area (Å²) in [4.78, 5) is 22.8. The van der Waals surface area contributed by atoms with Gasteiger partial charge in [-0.3, -0.25) is 10.1 Å². The molecule has 6 nitrogen and oxygen atoms in total. The SMILES string of the molecule is Cc1nc(NC(=O)c2ccc(Br)cc2)sc1-c1nc(-c2cccs2)no1. The van der Waals surface area contributed by atoms with Gasteiger partial charge < -0.3 is 4.52 Å². The van der Waals surface area contributed by atoms with Crippen LogP contribution in [0.15, 0.2) is 50.8 Å². The van der Waals surface area contributed by atoms with Crippen LogP contribution < -0.4 is 5.32 Å². The van der Waals surface area contributed by atoms with Crippen LogP contribution in [0.5, 0.6) is 0 Å². The van der Waals surface area contributed by atoms with E-state index in [1.165, 1.54) is 11.3 Å². The number of aryl methyl sites for hydroxylation is 1. The van der Waals surface area contributed by atoms with Gasteiger partial charge in [0, 0.05) is 10.0 Å². The second kappa shape index (κ2) is 7.10. The number of halogens is 1. The lowest BCUT2D eigenvalue weighted by atomic mass is 10.2. The van der Waals surface area contributed by atoms with Crippen LogP contribution in [0, 0.1) is 6.92 Å². The Labute approximate surface area is 165 Å². The summed E-state index contributed by atoms with van der Waals surface area (Å²) in [6.07, 6.45) is 0. The highest BCUT2D eigenvalue weighted by Crippen LogP contribution is 2.33. The van der Waals surface area contributed by atoms with Gasteiger partial charge in [-0.15, -0.1) is 11.3 Å². The zero-order valence-electron chi connectivity index (χ0n) is 13.4. The minimum Gasteiger partial charge on any atom is -0.333 e. The molecule has 4 aromatic rings. The molecule has 26 heavy (non-hydrogen) atoms. The Kier molecular flexibility index (Phi) is 4.66. The summed E-state index contributed by atoms with van der Waals surface area (Å²) in [5, 5.41) is 9.27. The Morgan fingerprint density at radius 3 is 2.73 bits per heavy atom. The predicted octanol–water partition coefficient (Wildman–Crippen LogP) is 5.24. The number of nitrogens with one attached hydrogen (secondary N) is 1. The lowest BCUT2D eigenvalue weighted by Gasteiger charge is -2.01. The lowest BCUT2D eigenvalue weighted by molar-refractivity contribution is 0.102. The van der Waals surface area contributed by atoms with Gasteiger partial charge in [-0.05, 0) is 42.6 Å². The molecule has 0 aliphatic rings. The van der Waals surface area contributed by atoms with E-state index in [9.17, 15) is 4.79 Å². The summed E-state index contributed by atoms with van der Waals surface area (Å²) in [6.45, 7) is 1.84. The summed E-state index contributed by atoms with van der Waals surface area (Å²) in [6, 6.07) is 11.0. The highest BCUT2D eigenvalue weighted by atomic mass is 79.9. The fourth-order valence-electron chi connectivity index (χ4n) is 2.24. The van der Waals surface area contributed by atoms with Gasteiger partial charge in [-0.2, -0.15) is 4.98 Å². The van der Waals surface area contributed by atoms with E-state index in [-0.39, 0.29) is 5.91 Å². The van der Waals surface area contributed by atoms with Gasteiger partial charge in [0.15, 0.2) is 5.13 Å². The molecular formula is C17H11BrN4O2S2. The molecule has 4 rings (SSSR count). The Balaban J connectivity index is 1.56. The highest BCUT2D eigenvalue weighted by Gasteiger charge is 2.18. The van der Waals surface area contributed by atoms with Crippen LogP contribution >= 0.6 is 38.6 Å². The standard InChI is InChI=1S/C17H11BrN4O2S2/c1-9-13(16-20-14(22-24-16)12-3-2-8-25-12)26-17(19-9)21-15(23)10-4-6-11(18)7-5-10/h2-8H,1H3,(H,19,21,23). The van der Waals surface area contributed by atoms with Crippen LogP contribution in [0.3, 0.4) is 0 Å². The molecule has 0 unspecified atom stereocenters. The van der Waals surface area contributed by atoms with Crippen molar-refractivity contribution in [3.8, 4) is 21.5 Å². The topological polar surface area (TPSA) is 80.9 Å². The molecule has 1 N–H and O–H groups in total. The molecule has 0 aliphatic carbocycles. The third-order valence-electron chi connectivity index (χ3n) is 3.49. The molecule has 0 radical (unpaired) electrons. The predicted molar refractivity (Wildman–Crippen MR) is 106 cm³/mol.